The number of alkyl halides is 3. The molecule has 128 valence electrons. The van der Waals surface area contributed by atoms with Crippen molar-refractivity contribution in [1.82, 2.24) is 0 Å². The molecule has 0 bridgehead atoms. The predicted molar refractivity (Wildman–Crippen MR) is 83.6 cm³/mol. The van der Waals surface area contributed by atoms with E-state index in [1.54, 1.807) is 29.8 Å². The Balaban J connectivity index is 0.00000208. The summed E-state index contributed by atoms with van der Waals surface area (Å²) in [5, 5.41) is 10.9. The lowest BCUT2D eigenvalue weighted by Gasteiger charge is -2.15. The average Bonchev–Trinajstić information content (AvgIpc) is 2.82. The molecular weight excluding hydrogens is 343 g/mol. The van der Waals surface area contributed by atoms with E-state index in [9.17, 15) is 18.3 Å². The van der Waals surface area contributed by atoms with Gasteiger partial charge in [-0.25, -0.2) is 0 Å². The molecule has 0 unspecified atom stereocenters. The average molecular weight is 357 g/mol. The molecule has 2 aromatic carbocycles. The highest BCUT2D eigenvalue weighted by molar-refractivity contribution is 7.16. The molecule has 0 fully saturated rings. The van der Waals surface area contributed by atoms with Crippen molar-refractivity contribution in [2.24, 2.45) is 7.05 Å². The third-order valence-electron chi connectivity index (χ3n) is 3.58. The number of aromatic hydroxyl groups is 1. The molecule has 0 aliphatic heterocycles. The molecule has 0 aliphatic rings. The smallest absolute Gasteiger partial charge is 0.420 e. The van der Waals surface area contributed by atoms with Crippen LogP contribution in [0.25, 0.3) is 21.3 Å². The van der Waals surface area contributed by atoms with Gasteiger partial charge in [-0.2, -0.15) is 17.7 Å². The van der Waals surface area contributed by atoms with Gasteiger partial charge in [-0.1, -0.05) is 12.1 Å². The maximum absolute atomic E-state index is 13.5. The molecule has 0 aliphatic carbocycles. The lowest BCUT2D eigenvalue weighted by Crippen LogP contribution is -2.26. The van der Waals surface area contributed by atoms with Gasteiger partial charge in [0.15, 0.2) is 0 Å². The normalized spacial score (nSPS) is 11.4. The zero-order valence-electron chi connectivity index (χ0n) is 12.8. The zero-order valence-corrected chi connectivity index (χ0v) is 13.6. The highest BCUT2D eigenvalue weighted by atomic mass is 32.1. The molecular formula is C16H14F3NO3S. The quantitative estimate of drug-likeness (QED) is 0.707. The molecule has 1 heterocycles. The number of nitrogens with zero attached hydrogens (tertiary/aromatic N) is 1. The fourth-order valence-corrected chi connectivity index (χ4v) is 3.55. The Morgan fingerprint density at radius 1 is 1.12 bits per heavy atom. The Labute approximate surface area is 139 Å². The second kappa shape index (κ2) is 6.29. The lowest BCUT2D eigenvalue weighted by molar-refractivity contribution is -0.656. The van der Waals surface area contributed by atoms with Crippen LogP contribution in [0.2, 0.25) is 0 Å². The number of hydrogen-bond acceptors (Lipinski definition) is 4. The van der Waals surface area contributed by atoms with Crippen LogP contribution in [0, 0.1) is 0 Å². The van der Waals surface area contributed by atoms with Gasteiger partial charge in [-0.05, 0) is 40.3 Å². The van der Waals surface area contributed by atoms with E-state index in [2.05, 4.69) is 0 Å². The first-order valence-corrected chi connectivity index (χ1v) is 7.50. The molecule has 0 saturated carbocycles. The van der Waals surface area contributed by atoms with E-state index in [1.165, 1.54) is 25.4 Å². The highest BCUT2D eigenvalue weighted by Crippen LogP contribution is 2.43. The van der Waals surface area contributed by atoms with Crippen LogP contribution in [0.4, 0.5) is 13.2 Å². The number of hydrogen-bond donors (Lipinski definition) is 1. The van der Waals surface area contributed by atoms with E-state index >= 15 is 0 Å². The summed E-state index contributed by atoms with van der Waals surface area (Å²) < 4.78 is 47.0. The molecule has 0 saturated heterocycles. The van der Waals surface area contributed by atoms with E-state index in [4.69, 9.17) is 4.74 Å². The standard InChI is InChI=1S/C16H12F3NO2S.H2O/c1-20-8-13(21)23-15(20)11-5-3-4-10-9(11)6-7-12(22-2)14(10)16(17,18)19;/h3-8H,1-2H3;1H2. The number of aryl methyl sites for hydroxylation is 1. The van der Waals surface area contributed by atoms with Crippen LogP contribution >= 0.6 is 11.3 Å². The van der Waals surface area contributed by atoms with E-state index in [1.807, 2.05) is 0 Å². The number of rotatable bonds is 2. The Hall–Kier alpha value is -2.32. The summed E-state index contributed by atoms with van der Waals surface area (Å²) >= 11 is 1.11. The molecule has 3 rings (SSSR count). The summed E-state index contributed by atoms with van der Waals surface area (Å²) in [6, 6.07) is 7.67. The minimum atomic E-state index is -4.52. The van der Waals surface area contributed by atoms with Gasteiger partial charge >= 0.3 is 6.18 Å². The molecule has 1 aromatic heterocycles. The Kier molecular flexibility index (Phi) is 4.73. The molecule has 3 aromatic rings. The monoisotopic (exact) mass is 357 g/mol. The first kappa shape index (κ1) is 18.0. The van der Waals surface area contributed by atoms with Crippen molar-refractivity contribution in [1.29, 1.82) is 0 Å². The van der Waals surface area contributed by atoms with Gasteiger partial charge in [-0.3, -0.25) is 0 Å². The number of aromatic nitrogens is 1. The topological polar surface area (TPSA) is 63.3 Å². The zero-order chi connectivity index (χ0) is 16.8. The summed E-state index contributed by atoms with van der Waals surface area (Å²) in [6.07, 6.45) is -3.00. The van der Waals surface area contributed by atoms with Gasteiger partial charge in [0.25, 0.3) is 5.01 Å². The van der Waals surface area contributed by atoms with E-state index < -0.39 is 11.7 Å². The van der Waals surface area contributed by atoms with Crippen LogP contribution in [0.1, 0.15) is 5.56 Å². The van der Waals surface area contributed by atoms with E-state index in [0.29, 0.717) is 16.0 Å². The number of ether oxygens (including phenoxy) is 1. The molecule has 24 heavy (non-hydrogen) atoms. The fraction of sp³-hybridized carbons (Fsp3) is 0.188. The van der Waals surface area contributed by atoms with Gasteiger partial charge in [0.05, 0.1) is 12.7 Å². The summed E-state index contributed by atoms with van der Waals surface area (Å²) in [5.74, 6) is -0.208. The van der Waals surface area contributed by atoms with E-state index in [0.717, 1.165) is 11.3 Å². The predicted octanol–water partition coefficient (Wildman–Crippen LogP) is 3.95. The Bertz CT molecular complexity index is 890. The van der Waals surface area contributed by atoms with Crippen molar-refractivity contribution >= 4 is 22.1 Å². The van der Waals surface area contributed by atoms with Gasteiger partial charge < -0.3 is 15.3 Å². The van der Waals surface area contributed by atoms with Crippen LogP contribution in [0.15, 0.2) is 36.5 Å². The van der Waals surface area contributed by atoms with Crippen molar-refractivity contribution in [3.8, 4) is 21.4 Å². The SMILES string of the molecule is COc1ccc2c(-c3sc(O)c[n+]3C)cccc2c1C(F)(F)F.[OH-]. The molecule has 0 atom stereocenters. The molecule has 0 amide bonds. The third kappa shape index (κ3) is 2.90. The Morgan fingerprint density at radius 3 is 2.38 bits per heavy atom. The van der Waals surface area contributed by atoms with Crippen LogP contribution in [0.5, 0.6) is 10.8 Å². The van der Waals surface area contributed by atoms with Gasteiger partial charge in [-0.15, -0.1) is 0 Å². The maximum atomic E-state index is 13.5. The fourth-order valence-electron chi connectivity index (χ4n) is 2.65. The van der Waals surface area contributed by atoms with Crippen molar-refractivity contribution < 1.29 is 33.1 Å². The summed E-state index contributed by atoms with van der Waals surface area (Å²) in [4.78, 5) is 0. The number of thiazole rings is 1. The van der Waals surface area contributed by atoms with Crippen molar-refractivity contribution in [3.05, 3.63) is 42.1 Å². The second-order valence-corrected chi connectivity index (χ2v) is 6.04. The van der Waals surface area contributed by atoms with Crippen molar-refractivity contribution in [2.45, 2.75) is 6.18 Å². The summed E-state index contributed by atoms with van der Waals surface area (Å²) in [6.45, 7) is 0. The lowest BCUT2D eigenvalue weighted by atomic mass is 9.99. The van der Waals surface area contributed by atoms with E-state index in [-0.39, 0.29) is 21.7 Å². The van der Waals surface area contributed by atoms with Crippen LogP contribution in [0.3, 0.4) is 0 Å². The number of benzene rings is 2. The molecule has 0 radical (unpaired) electrons. The summed E-state index contributed by atoms with van der Waals surface area (Å²) in [5.41, 5.74) is -0.161. The van der Waals surface area contributed by atoms with Crippen LogP contribution < -0.4 is 9.30 Å². The van der Waals surface area contributed by atoms with Crippen LogP contribution in [-0.2, 0) is 13.2 Å². The Morgan fingerprint density at radius 2 is 1.83 bits per heavy atom. The van der Waals surface area contributed by atoms with Crippen molar-refractivity contribution in [3.63, 3.8) is 0 Å². The number of methoxy groups -OCH3 is 1. The third-order valence-corrected chi connectivity index (χ3v) is 4.60. The highest BCUT2D eigenvalue weighted by Gasteiger charge is 2.37. The van der Waals surface area contributed by atoms with Crippen molar-refractivity contribution in [2.75, 3.05) is 7.11 Å². The first-order valence-electron chi connectivity index (χ1n) is 6.68. The largest absolute Gasteiger partial charge is 0.870 e. The molecule has 2 N–H and O–H groups in total. The van der Waals surface area contributed by atoms with Crippen LogP contribution in [-0.4, -0.2) is 17.7 Å². The molecule has 0 spiro atoms. The summed E-state index contributed by atoms with van der Waals surface area (Å²) in [7, 11) is 2.95. The minimum absolute atomic E-state index is 0. The minimum Gasteiger partial charge on any atom is -0.870 e. The van der Waals surface area contributed by atoms with Gasteiger partial charge in [0, 0.05) is 0 Å². The number of fused-ring (bicyclic) bond motifs is 1. The maximum Gasteiger partial charge on any atom is 0.420 e. The first-order chi connectivity index (χ1) is 10.8. The number of halogens is 3. The second-order valence-electron chi connectivity index (χ2n) is 5.03. The van der Waals surface area contributed by atoms with Gasteiger partial charge in [0.1, 0.15) is 18.4 Å². The van der Waals surface area contributed by atoms with Gasteiger partial charge in [0.2, 0.25) is 11.3 Å². The molecule has 4 nitrogen and oxygen atoms in total. The molecule has 8 heteroatoms.